The summed E-state index contributed by atoms with van der Waals surface area (Å²) in [4.78, 5) is 27.1. The summed E-state index contributed by atoms with van der Waals surface area (Å²) in [6, 6.07) is 1.46. The molecule has 0 saturated heterocycles. The fourth-order valence-electron chi connectivity index (χ4n) is 1.40. The molecule has 0 fully saturated rings. The summed E-state index contributed by atoms with van der Waals surface area (Å²) in [7, 11) is -2.84. The van der Waals surface area contributed by atoms with Crippen LogP contribution in [0.2, 0.25) is 5.15 Å². The molecule has 0 bridgehead atoms. The van der Waals surface area contributed by atoms with Gasteiger partial charge < -0.3 is 10.00 Å². The molecule has 8 nitrogen and oxygen atoms in total. The van der Waals surface area contributed by atoms with Crippen molar-refractivity contribution in [2.75, 3.05) is 0 Å². The number of imidazole rings is 1. The second-order valence-corrected chi connectivity index (χ2v) is 4.68. The van der Waals surface area contributed by atoms with Crippen LogP contribution in [0.1, 0.15) is 16.2 Å². The molecule has 0 aliphatic rings. The third kappa shape index (κ3) is 2.68. The Balaban J connectivity index is 2.50. The maximum Gasteiger partial charge on any atom is 0.356 e. The van der Waals surface area contributed by atoms with Crippen molar-refractivity contribution in [2.45, 2.75) is 6.54 Å². The van der Waals surface area contributed by atoms with Crippen molar-refractivity contribution in [1.29, 1.82) is 0 Å². The first-order chi connectivity index (χ1) is 8.47. The molecule has 2 aromatic heterocycles. The second-order valence-electron chi connectivity index (χ2n) is 3.33. The Bertz CT molecular complexity index is 643. The van der Waals surface area contributed by atoms with E-state index in [1.54, 1.807) is 0 Å². The summed E-state index contributed by atoms with van der Waals surface area (Å²) in [5.41, 5.74) is 0.306. The summed E-state index contributed by atoms with van der Waals surface area (Å²) >= 11 is 5.76. The first-order valence-corrected chi connectivity index (χ1v) is 6.45. The zero-order valence-electron chi connectivity index (χ0n) is 8.79. The van der Waals surface area contributed by atoms with Gasteiger partial charge in [0.1, 0.15) is 5.15 Å². The number of aromatic carboxylic acids is 1. The summed E-state index contributed by atoms with van der Waals surface area (Å²) in [5, 5.41) is 11.3. The van der Waals surface area contributed by atoms with Crippen molar-refractivity contribution >= 4 is 31.5 Å². The molecular weight excluding hydrogens is 283 g/mol. The Labute approximate surface area is 106 Å². The lowest BCUT2D eigenvalue weighted by molar-refractivity contribution is 0.0691. The van der Waals surface area contributed by atoms with Gasteiger partial charge in [-0.2, -0.15) is 0 Å². The molecule has 0 radical (unpaired) electrons. The molecule has 0 amide bonds. The van der Waals surface area contributed by atoms with Gasteiger partial charge in [0.25, 0.3) is 8.18 Å². The average Bonchev–Trinajstić information content (AvgIpc) is 2.69. The zero-order valence-corrected chi connectivity index (χ0v) is 10.5. The highest BCUT2D eigenvalue weighted by atomic mass is 35.5. The molecule has 2 heterocycles. The SMILES string of the molecule is O=C(O)c1cn2c(CN[PH](=O)O)cc(Cl)nc2n1. The number of nitrogens with zero attached hydrogens (tertiary/aromatic N) is 3. The van der Waals surface area contributed by atoms with E-state index in [0.717, 1.165) is 0 Å². The van der Waals surface area contributed by atoms with Crippen LogP contribution in [-0.2, 0) is 11.1 Å². The van der Waals surface area contributed by atoms with Crippen molar-refractivity contribution in [3.63, 3.8) is 0 Å². The molecule has 1 unspecified atom stereocenters. The van der Waals surface area contributed by atoms with E-state index in [9.17, 15) is 9.36 Å². The fourth-order valence-corrected chi connectivity index (χ4v) is 1.93. The van der Waals surface area contributed by atoms with Gasteiger partial charge in [0.05, 0.1) is 0 Å². The molecule has 0 saturated carbocycles. The van der Waals surface area contributed by atoms with Crippen molar-refractivity contribution in [1.82, 2.24) is 19.5 Å². The third-order valence-electron chi connectivity index (χ3n) is 2.13. The predicted molar refractivity (Wildman–Crippen MR) is 63.0 cm³/mol. The van der Waals surface area contributed by atoms with Gasteiger partial charge in [0, 0.05) is 18.4 Å². The van der Waals surface area contributed by atoms with Crippen molar-refractivity contribution < 1.29 is 19.4 Å². The molecule has 0 aliphatic carbocycles. The van der Waals surface area contributed by atoms with E-state index in [1.165, 1.54) is 16.7 Å². The molecule has 1 atom stereocenters. The van der Waals surface area contributed by atoms with Crippen molar-refractivity contribution in [3.8, 4) is 0 Å². The Morgan fingerprint density at radius 3 is 2.89 bits per heavy atom. The van der Waals surface area contributed by atoms with Crippen LogP contribution in [0.25, 0.3) is 5.78 Å². The Kier molecular flexibility index (Phi) is 3.63. The van der Waals surface area contributed by atoms with Gasteiger partial charge in [-0.05, 0) is 6.07 Å². The number of halogens is 1. The molecule has 0 aliphatic heterocycles. The fraction of sp³-hybridized carbons (Fsp3) is 0.125. The zero-order chi connectivity index (χ0) is 13.3. The van der Waals surface area contributed by atoms with Crippen LogP contribution in [0.3, 0.4) is 0 Å². The minimum atomic E-state index is -2.84. The van der Waals surface area contributed by atoms with Crippen LogP contribution in [0.15, 0.2) is 12.3 Å². The van der Waals surface area contributed by atoms with Gasteiger partial charge in [-0.25, -0.2) is 19.8 Å². The lowest BCUT2D eigenvalue weighted by Crippen LogP contribution is -2.08. The smallest absolute Gasteiger partial charge is 0.356 e. The largest absolute Gasteiger partial charge is 0.476 e. The second kappa shape index (κ2) is 5.03. The average molecular weight is 291 g/mol. The first-order valence-electron chi connectivity index (χ1n) is 4.72. The molecule has 10 heteroatoms. The standard InChI is InChI=1S/C8H8ClN4O4P/c9-6-1-4(2-10-18(16)17)13-3-5(7(14)15)11-8(13)12-6/h1,3,18H,2H2,(H,14,15)(H2,10,16,17). The van der Waals surface area contributed by atoms with E-state index >= 15 is 0 Å². The van der Waals surface area contributed by atoms with Crippen molar-refractivity contribution in [3.05, 3.63) is 28.8 Å². The summed E-state index contributed by atoms with van der Waals surface area (Å²) < 4.78 is 12.0. The highest BCUT2D eigenvalue weighted by Gasteiger charge is 2.13. The number of hydrogen-bond acceptors (Lipinski definition) is 4. The number of carbonyl (C=O) groups is 1. The molecule has 2 aromatic rings. The highest BCUT2D eigenvalue weighted by molar-refractivity contribution is 7.35. The lowest BCUT2D eigenvalue weighted by atomic mass is 10.4. The molecule has 0 spiro atoms. The summed E-state index contributed by atoms with van der Waals surface area (Å²) in [5.74, 6) is -1.07. The van der Waals surface area contributed by atoms with Crippen LogP contribution >= 0.6 is 19.8 Å². The monoisotopic (exact) mass is 290 g/mol. The van der Waals surface area contributed by atoms with Crippen LogP contribution < -0.4 is 5.09 Å². The first kappa shape index (κ1) is 13.0. The highest BCUT2D eigenvalue weighted by Crippen LogP contribution is 2.15. The van der Waals surface area contributed by atoms with Crippen LogP contribution in [0.4, 0.5) is 0 Å². The Morgan fingerprint density at radius 2 is 2.28 bits per heavy atom. The van der Waals surface area contributed by atoms with E-state index in [0.29, 0.717) is 5.69 Å². The maximum absolute atomic E-state index is 10.8. The number of nitrogens with one attached hydrogen (secondary N) is 1. The Hall–Kier alpha value is -1.47. The third-order valence-corrected chi connectivity index (χ3v) is 2.80. The molecule has 18 heavy (non-hydrogen) atoms. The molecule has 2 rings (SSSR count). The molecule has 96 valence electrons. The lowest BCUT2D eigenvalue weighted by Gasteiger charge is -2.05. The number of fused-ring (bicyclic) bond motifs is 1. The van der Waals surface area contributed by atoms with E-state index in [2.05, 4.69) is 15.1 Å². The number of rotatable bonds is 4. The predicted octanol–water partition coefficient (Wildman–Crippen LogP) is 0.552. The van der Waals surface area contributed by atoms with Gasteiger partial charge in [0.2, 0.25) is 5.78 Å². The number of carboxylic acids is 1. The van der Waals surface area contributed by atoms with Gasteiger partial charge >= 0.3 is 5.97 Å². The number of hydrogen-bond donors (Lipinski definition) is 3. The summed E-state index contributed by atoms with van der Waals surface area (Å²) in [6.45, 7) is 0.0441. The van der Waals surface area contributed by atoms with E-state index < -0.39 is 14.1 Å². The molecule has 3 N–H and O–H groups in total. The molecule has 0 aromatic carbocycles. The van der Waals surface area contributed by atoms with Crippen LogP contribution in [0, 0.1) is 0 Å². The van der Waals surface area contributed by atoms with Gasteiger partial charge in [-0.1, -0.05) is 11.6 Å². The normalized spacial score (nSPS) is 12.8. The minimum Gasteiger partial charge on any atom is -0.476 e. The number of carboxylic acid groups (broad SMARTS) is 1. The molecular formula is C8H8ClN4O4P. The van der Waals surface area contributed by atoms with E-state index in [-0.39, 0.29) is 23.2 Å². The van der Waals surface area contributed by atoms with Gasteiger partial charge in [0.15, 0.2) is 5.69 Å². The Morgan fingerprint density at radius 1 is 1.56 bits per heavy atom. The van der Waals surface area contributed by atoms with E-state index in [4.69, 9.17) is 21.6 Å². The van der Waals surface area contributed by atoms with Crippen LogP contribution in [0.5, 0.6) is 0 Å². The summed E-state index contributed by atoms with van der Waals surface area (Å²) in [6.07, 6.45) is 1.27. The number of aromatic nitrogens is 3. The minimum absolute atomic E-state index is 0.0441. The van der Waals surface area contributed by atoms with Gasteiger partial charge in [-0.15, -0.1) is 0 Å². The quantitative estimate of drug-likeness (QED) is 0.556. The topological polar surface area (TPSA) is 117 Å². The van der Waals surface area contributed by atoms with Crippen molar-refractivity contribution in [2.24, 2.45) is 0 Å². The maximum atomic E-state index is 10.8. The van der Waals surface area contributed by atoms with Crippen LogP contribution in [-0.4, -0.2) is 30.3 Å². The van der Waals surface area contributed by atoms with Gasteiger partial charge in [-0.3, -0.25) is 8.97 Å². The van der Waals surface area contributed by atoms with E-state index in [1.807, 2.05) is 0 Å².